The Labute approximate surface area is 189 Å². The third-order valence-electron chi connectivity index (χ3n) is 5.22. The second kappa shape index (κ2) is 10.7. The minimum Gasteiger partial charge on any atom is -0.462 e. The Kier molecular flexibility index (Phi) is 9.24. The number of esters is 1. The maximum Gasteiger partial charge on any atom is 0.406 e. The van der Waals surface area contributed by atoms with Crippen LogP contribution in [0.25, 0.3) is 0 Å². The van der Waals surface area contributed by atoms with E-state index in [-0.39, 0.29) is 54.1 Å². The van der Waals surface area contributed by atoms with Gasteiger partial charge in [-0.1, -0.05) is 18.7 Å². The van der Waals surface area contributed by atoms with Gasteiger partial charge in [0.15, 0.2) is 5.12 Å². The lowest BCUT2D eigenvalue weighted by molar-refractivity contribution is -0.149. The summed E-state index contributed by atoms with van der Waals surface area (Å²) < 4.78 is 35.4. The summed E-state index contributed by atoms with van der Waals surface area (Å²) in [5.41, 5.74) is -0.879. The number of ether oxygens (including phenoxy) is 2. The van der Waals surface area contributed by atoms with Crippen molar-refractivity contribution in [1.29, 1.82) is 0 Å². The van der Waals surface area contributed by atoms with Crippen molar-refractivity contribution in [2.45, 2.75) is 71.9 Å². The van der Waals surface area contributed by atoms with Gasteiger partial charge in [0.25, 0.3) is 0 Å². The normalized spacial score (nSPS) is 30.5. The van der Waals surface area contributed by atoms with Gasteiger partial charge in [-0.25, -0.2) is 9.65 Å². The predicted molar refractivity (Wildman–Crippen MR) is 118 cm³/mol. The van der Waals surface area contributed by atoms with Crippen LogP contribution in [-0.2, 0) is 32.7 Å². The molecule has 2 N–H and O–H groups in total. The number of aliphatic hydroxyl groups is 1. The fraction of sp³-hybridized carbons (Fsp3) is 0.895. The highest BCUT2D eigenvalue weighted by Crippen LogP contribution is 2.58. The van der Waals surface area contributed by atoms with E-state index in [2.05, 4.69) is 5.09 Å². The van der Waals surface area contributed by atoms with E-state index in [9.17, 15) is 19.3 Å². The number of thioether (sulfide) groups is 1. The van der Waals surface area contributed by atoms with E-state index >= 15 is 0 Å². The molecule has 1 saturated heterocycles. The number of fused-ring (bicyclic) bond motifs is 1. The molecule has 12 heteroatoms. The van der Waals surface area contributed by atoms with Crippen LogP contribution < -0.4 is 5.09 Å². The van der Waals surface area contributed by atoms with Crippen LogP contribution >= 0.6 is 19.5 Å². The van der Waals surface area contributed by atoms with E-state index < -0.39 is 31.3 Å². The average Bonchev–Trinajstić information content (AvgIpc) is 3.23. The maximum atomic E-state index is 13.4. The van der Waals surface area contributed by atoms with Crippen molar-refractivity contribution in [3.8, 4) is 0 Å². The smallest absolute Gasteiger partial charge is 0.406 e. The summed E-state index contributed by atoms with van der Waals surface area (Å²) in [6, 6.07) is -1.32. The molecule has 9 nitrogen and oxygen atoms in total. The van der Waals surface area contributed by atoms with Gasteiger partial charge in [0.05, 0.1) is 30.8 Å². The first kappa shape index (κ1) is 26.8. The molecule has 0 amide bonds. The van der Waals surface area contributed by atoms with Gasteiger partial charge in [0.2, 0.25) is 0 Å². The third kappa shape index (κ3) is 7.03. The van der Waals surface area contributed by atoms with E-state index in [1.165, 1.54) is 6.92 Å². The fourth-order valence-electron chi connectivity index (χ4n) is 3.13. The molecule has 1 aliphatic heterocycles. The Balaban J connectivity index is 1.96. The van der Waals surface area contributed by atoms with Crippen LogP contribution in [0.15, 0.2) is 0 Å². The maximum absolute atomic E-state index is 13.4. The van der Waals surface area contributed by atoms with Crippen LogP contribution in [0.3, 0.4) is 0 Å². The molecule has 176 valence electrons. The lowest BCUT2D eigenvalue weighted by atomic mass is 9.86. The molecule has 1 heterocycles. The molecule has 1 saturated carbocycles. The van der Waals surface area contributed by atoms with Crippen molar-refractivity contribution < 1.29 is 37.8 Å². The van der Waals surface area contributed by atoms with Gasteiger partial charge in [-0.3, -0.25) is 18.6 Å². The van der Waals surface area contributed by atoms with Gasteiger partial charge < -0.3 is 14.6 Å². The zero-order chi connectivity index (χ0) is 23.6. The Morgan fingerprint density at radius 1 is 1.32 bits per heavy atom. The van der Waals surface area contributed by atoms with Crippen LogP contribution in [0.1, 0.15) is 41.5 Å². The van der Waals surface area contributed by atoms with Gasteiger partial charge in [0, 0.05) is 17.7 Å². The predicted octanol–water partition coefficient (Wildman–Crippen LogP) is 1.86. The molecular weight excluding hydrogens is 444 g/mol. The summed E-state index contributed by atoms with van der Waals surface area (Å²) in [5.74, 6) is -0.329. The van der Waals surface area contributed by atoms with Crippen molar-refractivity contribution in [2.75, 3.05) is 19.0 Å². The second-order valence-electron chi connectivity index (χ2n) is 8.92. The highest BCUT2D eigenvalue weighted by molar-refractivity contribution is 8.13. The van der Waals surface area contributed by atoms with Crippen molar-refractivity contribution >= 4 is 38.4 Å². The zero-order valence-corrected chi connectivity index (χ0v) is 20.6. The summed E-state index contributed by atoms with van der Waals surface area (Å²) in [7, 11) is 1.94. The average molecular weight is 477 g/mol. The summed E-state index contributed by atoms with van der Waals surface area (Å²) in [4.78, 5) is 24.3. The molecule has 31 heavy (non-hydrogen) atoms. The largest absolute Gasteiger partial charge is 0.462 e. The van der Waals surface area contributed by atoms with Crippen molar-refractivity contribution in [2.24, 2.45) is 17.3 Å². The molecule has 1 aliphatic carbocycles. The number of nitrogens with one attached hydrogen (secondary N) is 1. The number of aliphatic hydroxyl groups excluding tert-OH is 1. The van der Waals surface area contributed by atoms with Gasteiger partial charge in [-0.05, 0) is 40.5 Å². The Morgan fingerprint density at radius 2 is 1.97 bits per heavy atom. The van der Waals surface area contributed by atoms with E-state index in [4.69, 9.17) is 26.4 Å². The van der Waals surface area contributed by atoms with Crippen LogP contribution in [0, 0.1) is 17.3 Å². The zero-order valence-electron chi connectivity index (χ0n) is 18.9. The van der Waals surface area contributed by atoms with E-state index in [1.54, 1.807) is 27.7 Å². The number of rotatable bonds is 12. The molecule has 2 fully saturated rings. The second-order valence-corrected chi connectivity index (χ2v) is 11.7. The third-order valence-corrected chi connectivity index (χ3v) is 8.16. The van der Waals surface area contributed by atoms with E-state index in [1.807, 2.05) is 6.92 Å². The van der Waals surface area contributed by atoms with Crippen LogP contribution in [0.2, 0.25) is 0 Å². The highest BCUT2D eigenvalue weighted by Gasteiger charge is 2.64. The quantitative estimate of drug-likeness (QED) is 0.187. The summed E-state index contributed by atoms with van der Waals surface area (Å²) in [6.07, 6.45) is -1.04. The molecular formula is C19H33BNO8PS. The number of carbonyl (C=O) groups is 2. The van der Waals surface area contributed by atoms with Gasteiger partial charge >= 0.3 is 13.7 Å². The monoisotopic (exact) mass is 477 g/mol. The van der Waals surface area contributed by atoms with Crippen LogP contribution in [-0.4, -0.2) is 73.4 Å². The van der Waals surface area contributed by atoms with Gasteiger partial charge in [0.1, 0.15) is 20.0 Å². The summed E-state index contributed by atoms with van der Waals surface area (Å²) >= 11 is 0.973. The minimum absolute atomic E-state index is 0.00736. The molecule has 7 unspecified atom stereocenters. The topological polar surface area (TPSA) is 120 Å². The minimum atomic E-state index is -3.92. The lowest BCUT2D eigenvalue weighted by Gasteiger charge is -2.25. The van der Waals surface area contributed by atoms with Gasteiger partial charge in [-0.15, -0.1) is 0 Å². The first-order valence-electron chi connectivity index (χ1n) is 10.4. The fourth-order valence-corrected chi connectivity index (χ4v) is 5.75. The molecule has 2 aliphatic rings. The molecule has 2 radical (unpaired) electrons. The molecule has 0 aromatic rings. The number of carbonyl (C=O) groups excluding carboxylic acids is 2. The number of hydrogen-bond acceptors (Lipinski definition) is 9. The van der Waals surface area contributed by atoms with Crippen LogP contribution in [0.5, 0.6) is 0 Å². The van der Waals surface area contributed by atoms with Crippen molar-refractivity contribution in [3.05, 3.63) is 0 Å². The molecule has 2 rings (SSSR count). The first-order valence-corrected chi connectivity index (χ1v) is 12.9. The van der Waals surface area contributed by atoms with E-state index in [0.29, 0.717) is 0 Å². The summed E-state index contributed by atoms with van der Waals surface area (Å²) in [5, 5.41) is 11.7. The molecule has 0 aromatic carbocycles. The first-order chi connectivity index (χ1) is 14.3. The van der Waals surface area contributed by atoms with E-state index in [0.717, 1.165) is 11.8 Å². The Hall–Kier alpha value is -0.415. The standard InChI is InChI=1S/C19H33BNO8PS/c1-10(2)27-17(23)12(4)21-30(25,26-7-8-31-18(24)19(5,6)9-22)29-15-13-11(3)16(20)28-14(13)15/h10-16,22H,7-9H2,1-6H3,(H,21,25). The highest BCUT2D eigenvalue weighted by atomic mass is 32.2. The molecule has 0 aromatic heterocycles. The van der Waals surface area contributed by atoms with Crippen molar-refractivity contribution in [3.63, 3.8) is 0 Å². The molecule has 7 atom stereocenters. The van der Waals surface area contributed by atoms with Crippen molar-refractivity contribution in [1.82, 2.24) is 5.09 Å². The molecule has 0 bridgehead atoms. The molecule has 0 spiro atoms. The lowest BCUT2D eigenvalue weighted by Crippen LogP contribution is -2.36. The SMILES string of the molecule is [B]C1OC2C(OP(=O)(NC(C)C(=O)OC(C)C)OCCSC(=O)C(C)(C)CO)C2C1C. The Morgan fingerprint density at radius 3 is 2.48 bits per heavy atom. The van der Waals surface area contributed by atoms with Crippen LogP contribution in [0.4, 0.5) is 0 Å². The Bertz CT molecular complexity index is 708. The van der Waals surface area contributed by atoms with Gasteiger partial charge in [-0.2, -0.15) is 0 Å². The number of hydrogen-bond donors (Lipinski definition) is 2. The summed E-state index contributed by atoms with van der Waals surface area (Å²) in [6.45, 7) is 9.81.